The number of nitrogens with one attached hydrogen (secondary N) is 1. The Morgan fingerprint density at radius 1 is 1.23 bits per heavy atom. The Morgan fingerprint density at radius 2 is 1.69 bits per heavy atom. The molecule has 0 fully saturated rings. The summed E-state index contributed by atoms with van der Waals surface area (Å²) in [5.74, 6) is 0. The fourth-order valence-corrected chi connectivity index (χ4v) is 1.66. The van der Waals surface area contributed by atoms with Gasteiger partial charge < -0.3 is 4.90 Å². The highest BCUT2D eigenvalue weighted by molar-refractivity contribution is 7.91. The van der Waals surface area contributed by atoms with Crippen LogP contribution in [0.5, 0.6) is 0 Å². The smallest absolute Gasteiger partial charge is 0.0696 e. The van der Waals surface area contributed by atoms with E-state index < -0.39 is 9.73 Å². The molecular formula is C9H14N2OS. The third kappa shape index (κ3) is 2.45. The first kappa shape index (κ1) is 10.1. The second-order valence-electron chi connectivity index (χ2n) is 3.23. The van der Waals surface area contributed by atoms with Crippen molar-refractivity contribution in [2.24, 2.45) is 0 Å². The molecule has 0 saturated carbocycles. The lowest BCUT2D eigenvalue weighted by Gasteiger charge is -2.12. The third-order valence-electron chi connectivity index (χ3n) is 1.80. The summed E-state index contributed by atoms with van der Waals surface area (Å²) < 4.78 is 18.7. The fourth-order valence-electron chi connectivity index (χ4n) is 1.00. The van der Waals surface area contributed by atoms with Crippen LogP contribution in [0, 0.1) is 4.78 Å². The van der Waals surface area contributed by atoms with Gasteiger partial charge in [-0.25, -0.2) is 8.99 Å². The molecular weight excluding hydrogens is 184 g/mol. The van der Waals surface area contributed by atoms with Crippen molar-refractivity contribution in [3.8, 4) is 0 Å². The number of anilines is 1. The van der Waals surface area contributed by atoms with Crippen LogP contribution in [-0.2, 0) is 9.73 Å². The zero-order chi connectivity index (χ0) is 10.1. The van der Waals surface area contributed by atoms with Gasteiger partial charge in [0, 0.05) is 30.9 Å². The van der Waals surface area contributed by atoms with E-state index in [1.807, 2.05) is 31.1 Å². The van der Waals surface area contributed by atoms with E-state index in [1.54, 1.807) is 12.1 Å². The minimum absolute atomic E-state index is 0.582. The highest BCUT2D eigenvalue weighted by atomic mass is 32.2. The minimum Gasteiger partial charge on any atom is -0.378 e. The van der Waals surface area contributed by atoms with Crippen LogP contribution in [0.4, 0.5) is 5.69 Å². The number of benzene rings is 1. The molecule has 13 heavy (non-hydrogen) atoms. The maximum Gasteiger partial charge on any atom is 0.0696 e. The van der Waals surface area contributed by atoms with Gasteiger partial charge in [-0.1, -0.05) is 0 Å². The van der Waals surface area contributed by atoms with Crippen LogP contribution in [0.2, 0.25) is 0 Å². The summed E-state index contributed by atoms with van der Waals surface area (Å²) in [4.78, 5) is 2.55. The van der Waals surface area contributed by atoms with Gasteiger partial charge in [0.2, 0.25) is 0 Å². The van der Waals surface area contributed by atoms with Crippen LogP contribution < -0.4 is 4.90 Å². The monoisotopic (exact) mass is 198 g/mol. The molecule has 0 aliphatic heterocycles. The normalized spacial score (nSPS) is 15.0. The minimum atomic E-state index is -2.56. The Kier molecular flexibility index (Phi) is 2.61. The van der Waals surface area contributed by atoms with E-state index in [1.165, 1.54) is 6.26 Å². The van der Waals surface area contributed by atoms with Crippen molar-refractivity contribution in [1.29, 1.82) is 4.78 Å². The van der Waals surface area contributed by atoms with E-state index in [0.717, 1.165) is 5.69 Å². The molecule has 0 unspecified atom stereocenters. The van der Waals surface area contributed by atoms with E-state index in [2.05, 4.69) is 0 Å². The van der Waals surface area contributed by atoms with Crippen LogP contribution >= 0.6 is 0 Å². The molecule has 0 heterocycles. The largest absolute Gasteiger partial charge is 0.378 e. The maximum atomic E-state index is 11.3. The molecule has 1 N–H and O–H groups in total. The van der Waals surface area contributed by atoms with Crippen LogP contribution in [0.15, 0.2) is 29.2 Å². The van der Waals surface area contributed by atoms with Crippen molar-refractivity contribution >= 4 is 15.4 Å². The van der Waals surface area contributed by atoms with Gasteiger partial charge in [0.1, 0.15) is 0 Å². The molecule has 0 aromatic heterocycles. The SMILES string of the molecule is CN(C)c1ccc([S@@](C)(=N)=O)cc1. The average Bonchev–Trinajstić information content (AvgIpc) is 2.03. The van der Waals surface area contributed by atoms with Crippen LogP contribution in [0.1, 0.15) is 0 Å². The Hall–Kier alpha value is -1.03. The molecule has 1 aromatic carbocycles. The van der Waals surface area contributed by atoms with Crippen molar-refractivity contribution in [3.63, 3.8) is 0 Å². The lowest BCUT2D eigenvalue weighted by Crippen LogP contribution is -2.08. The zero-order valence-electron chi connectivity index (χ0n) is 8.07. The Morgan fingerprint density at radius 3 is 2.00 bits per heavy atom. The molecule has 1 aromatic rings. The molecule has 0 aliphatic rings. The molecule has 0 spiro atoms. The molecule has 1 rings (SSSR count). The standard InChI is InChI=1S/C9H14N2OS/c1-11(2)8-4-6-9(7-5-8)13(3,10)12/h4-7,10H,1-3H3/t13-/m0/s1. The molecule has 0 aliphatic carbocycles. The maximum absolute atomic E-state index is 11.3. The van der Waals surface area contributed by atoms with E-state index in [0.29, 0.717) is 4.90 Å². The second-order valence-corrected chi connectivity index (χ2v) is 5.39. The molecule has 3 nitrogen and oxygen atoms in total. The van der Waals surface area contributed by atoms with Gasteiger partial charge in [0.15, 0.2) is 0 Å². The summed E-state index contributed by atoms with van der Waals surface area (Å²) in [5, 5.41) is 0. The molecule has 0 saturated heterocycles. The van der Waals surface area contributed by atoms with Gasteiger partial charge in [0.05, 0.1) is 9.73 Å². The third-order valence-corrected chi connectivity index (χ3v) is 2.97. The Balaban J connectivity index is 3.08. The predicted octanol–water partition coefficient (Wildman–Crippen LogP) is 1.79. The van der Waals surface area contributed by atoms with Crippen LogP contribution in [-0.4, -0.2) is 24.6 Å². The van der Waals surface area contributed by atoms with Crippen molar-refractivity contribution in [3.05, 3.63) is 24.3 Å². The number of rotatable bonds is 2. The number of hydrogen-bond donors (Lipinski definition) is 1. The van der Waals surface area contributed by atoms with Gasteiger partial charge in [0.25, 0.3) is 0 Å². The topological polar surface area (TPSA) is 44.2 Å². The van der Waals surface area contributed by atoms with Crippen LogP contribution in [0.3, 0.4) is 0 Å². The average molecular weight is 198 g/mol. The Labute approximate surface area is 79.4 Å². The quantitative estimate of drug-likeness (QED) is 0.787. The molecule has 0 bridgehead atoms. The predicted molar refractivity (Wildman–Crippen MR) is 55.8 cm³/mol. The fraction of sp³-hybridized carbons (Fsp3) is 0.333. The summed E-state index contributed by atoms with van der Waals surface area (Å²) in [5.41, 5.74) is 1.05. The summed E-state index contributed by atoms with van der Waals surface area (Å²) in [6.45, 7) is 0. The lowest BCUT2D eigenvalue weighted by molar-refractivity contribution is 0.679. The summed E-state index contributed by atoms with van der Waals surface area (Å²) in [6, 6.07) is 7.22. The van der Waals surface area contributed by atoms with E-state index in [9.17, 15) is 4.21 Å². The van der Waals surface area contributed by atoms with Gasteiger partial charge in [-0.3, -0.25) is 0 Å². The first-order valence-corrected chi connectivity index (χ1v) is 5.89. The van der Waals surface area contributed by atoms with Gasteiger partial charge >= 0.3 is 0 Å². The van der Waals surface area contributed by atoms with Gasteiger partial charge in [-0.15, -0.1) is 0 Å². The molecule has 4 heteroatoms. The van der Waals surface area contributed by atoms with Crippen LogP contribution in [0.25, 0.3) is 0 Å². The lowest BCUT2D eigenvalue weighted by atomic mass is 10.3. The van der Waals surface area contributed by atoms with Crippen molar-refractivity contribution in [1.82, 2.24) is 0 Å². The van der Waals surface area contributed by atoms with E-state index >= 15 is 0 Å². The summed E-state index contributed by atoms with van der Waals surface area (Å²) >= 11 is 0. The van der Waals surface area contributed by atoms with Crippen molar-refractivity contribution < 1.29 is 4.21 Å². The Bertz CT molecular complexity index is 379. The number of hydrogen-bond acceptors (Lipinski definition) is 3. The van der Waals surface area contributed by atoms with E-state index in [-0.39, 0.29) is 0 Å². The molecule has 1 atom stereocenters. The summed E-state index contributed by atoms with van der Waals surface area (Å²) in [7, 11) is 1.32. The second kappa shape index (κ2) is 3.38. The molecule has 0 amide bonds. The summed E-state index contributed by atoms with van der Waals surface area (Å²) in [6.07, 6.45) is 1.43. The van der Waals surface area contributed by atoms with Crippen molar-refractivity contribution in [2.45, 2.75) is 4.90 Å². The highest BCUT2D eigenvalue weighted by Crippen LogP contribution is 2.15. The van der Waals surface area contributed by atoms with E-state index in [4.69, 9.17) is 4.78 Å². The highest BCUT2D eigenvalue weighted by Gasteiger charge is 2.02. The first-order chi connectivity index (χ1) is 5.91. The molecule has 72 valence electrons. The van der Waals surface area contributed by atoms with Gasteiger partial charge in [-0.05, 0) is 24.3 Å². The van der Waals surface area contributed by atoms with Gasteiger partial charge in [-0.2, -0.15) is 0 Å². The number of nitrogens with zero attached hydrogens (tertiary/aromatic N) is 1. The molecule has 0 radical (unpaired) electrons. The van der Waals surface area contributed by atoms with Crippen molar-refractivity contribution in [2.75, 3.05) is 25.3 Å². The zero-order valence-corrected chi connectivity index (χ0v) is 8.89. The first-order valence-electron chi connectivity index (χ1n) is 3.92.